The van der Waals surface area contributed by atoms with Crippen LogP contribution in [0.2, 0.25) is 0 Å². The van der Waals surface area contributed by atoms with Crippen LogP contribution in [0.25, 0.3) is 6.08 Å². The Morgan fingerprint density at radius 3 is 2.18 bits per heavy atom. The lowest BCUT2D eigenvalue weighted by Crippen LogP contribution is -2.40. The highest BCUT2D eigenvalue weighted by Crippen LogP contribution is 2.54. The quantitative estimate of drug-likeness (QED) is 0.392. The van der Waals surface area contributed by atoms with Crippen molar-refractivity contribution in [3.05, 3.63) is 77.9 Å². The maximum atomic E-state index is 13.2. The van der Waals surface area contributed by atoms with E-state index in [4.69, 9.17) is 20.6 Å². The molecule has 2 aromatic carbocycles. The molecule has 0 saturated heterocycles. The van der Waals surface area contributed by atoms with Crippen molar-refractivity contribution in [2.75, 3.05) is 20.1 Å². The summed E-state index contributed by atoms with van der Waals surface area (Å²) in [6.07, 6.45) is 4.07. The Labute approximate surface area is 171 Å². The third kappa shape index (κ3) is 6.05. The topological polar surface area (TPSA) is 55.8 Å². The second-order valence-corrected chi connectivity index (χ2v) is 8.75. The van der Waals surface area contributed by atoms with Gasteiger partial charge in [-0.2, -0.15) is 0 Å². The number of rotatable bonds is 10. The van der Waals surface area contributed by atoms with Crippen LogP contribution in [0.5, 0.6) is 0 Å². The first-order chi connectivity index (χ1) is 13.5. The lowest BCUT2D eigenvalue weighted by atomic mass is 10.2. The Morgan fingerprint density at radius 1 is 1.07 bits per heavy atom. The zero-order chi connectivity index (χ0) is 20.4. The van der Waals surface area contributed by atoms with Gasteiger partial charge in [0.05, 0.1) is 0 Å². The summed E-state index contributed by atoms with van der Waals surface area (Å²) in [6.45, 7) is 0.257. The van der Waals surface area contributed by atoms with Gasteiger partial charge in [0.1, 0.15) is 11.7 Å². The molecule has 0 heterocycles. The van der Waals surface area contributed by atoms with Crippen molar-refractivity contribution >= 4 is 31.2 Å². The number of hydrogen-bond acceptors (Lipinski definition) is 4. The van der Waals surface area contributed by atoms with Crippen LogP contribution in [0.15, 0.2) is 66.7 Å². The van der Waals surface area contributed by atoms with Crippen molar-refractivity contribution in [2.45, 2.75) is 18.7 Å². The summed E-state index contributed by atoms with van der Waals surface area (Å²) < 4.78 is 23.7. The van der Waals surface area contributed by atoms with E-state index in [0.717, 1.165) is 11.1 Å². The monoisotopic (exact) mass is 421 g/mol. The van der Waals surface area contributed by atoms with Gasteiger partial charge in [-0.15, -0.1) is 11.6 Å². The molecule has 0 N–H and O–H groups in total. The maximum absolute atomic E-state index is 13.2. The minimum Gasteiger partial charge on any atom is -0.322 e. The molecule has 0 fully saturated rings. The molecular weight excluding hydrogens is 397 g/mol. The zero-order valence-corrected chi connectivity index (χ0v) is 17.7. The highest BCUT2D eigenvalue weighted by molar-refractivity contribution is 7.54. The lowest BCUT2D eigenvalue weighted by molar-refractivity contribution is -0.130. The van der Waals surface area contributed by atoms with Gasteiger partial charge < -0.3 is 13.9 Å². The minimum absolute atomic E-state index is 0.223. The predicted octanol–water partition coefficient (Wildman–Crippen LogP) is 5.17. The summed E-state index contributed by atoms with van der Waals surface area (Å²) in [6, 6.07) is 19.2. The largest absolute Gasteiger partial charge is 0.352 e. The van der Waals surface area contributed by atoms with E-state index in [-0.39, 0.29) is 18.3 Å². The van der Waals surface area contributed by atoms with Crippen molar-refractivity contribution in [1.29, 1.82) is 0 Å². The van der Waals surface area contributed by atoms with Gasteiger partial charge >= 0.3 is 7.60 Å². The molecule has 0 saturated carbocycles. The molecule has 7 heteroatoms. The fourth-order valence-corrected chi connectivity index (χ4v) is 4.57. The van der Waals surface area contributed by atoms with E-state index < -0.39 is 13.4 Å². The molecular formula is C21H25ClNO4P. The van der Waals surface area contributed by atoms with Crippen LogP contribution >= 0.6 is 19.2 Å². The number of halogens is 1. The Bertz CT molecular complexity index is 806. The van der Waals surface area contributed by atoms with Crippen LogP contribution in [0.3, 0.4) is 0 Å². The van der Waals surface area contributed by atoms with Gasteiger partial charge in [-0.25, -0.2) is 0 Å². The number of benzene rings is 2. The van der Waals surface area contributed by atoms with Crippen molar-refractivity contribution < 1.29 is 18.4 Å². The molecule has 0 aliphatic rings. The van der Waals surface area contributed by atoms with Gasteiger partial charge in [-0.3, -0.25) is 9.36 Å². The first kappa shape index (κ1) is 22.4. The van der Waals surface area contributed by atoms with Crippen LogP contribution in [-0.2, 0) is 25.0 Å². The summed E-state index contributed by atoms with van der Waals surface area (Å²) in [5.41, 5.74) is 1.90. The first-order valence-electron chi connectivity index (χ1n) is 8.86. The average Bonchev–Trinajstić information content (AvgIpc) is 2.76. The molecule has 0 bridgehead atoms. The third-order valence-electron chi connectivity index (χ3n) is 4.32. The molecule has 150 valence electrons. The summed E-state index contributed by atoms with van der Waals surface area (Å²) in [5, 5.41) is 0. The van der Waals surface area contributed by atoms with E-state index in [2.05, 4.69) is 0 Å². The molecule has 28 heavy (non-hydrogen) atoms. The van der Waals surface area contributed by atoms with Crippen LogP contribution in [-0.4, -0.2) is 36.7 Å². The number of carbonyl (C=O) groups is 1. The summed E-state index contributed by atoms with van der Waals surface area (Å²) in [4.78, 5) is 14.1. The molecule has 2 aromatic rings. The van der Waals surface area contributed by atoms with E-state index in [1.54, 1.807) is 0 Å². The smallest absolute Gasteiger partial charge is 0.322 e. The van der Waals surface area contributed by atoms with Crippen LogP contribution in [0, 0.1) is 0 Å². The summed E-state index contributed by atoms with van der Waals surface area (Å²) >= 11 is 5.84. The van der Waals surface area contributed by atoms with Crippen molar-refractivity contribution in [1.82, 2.24) is 4.90 Å². The number of nitrogens with zero attached hydrogens (tertiary/aromatic N) is 1. The van der Waals surface area contributed by atoms with Crippen molar-refractivity contribution in [2.24, 2.45) is 0 Å². The third-order valence-corrected chi connectivity index (χ3v) is 6.79. The molecule has 1 amide bonds. The van der Waals surface area contributed by atoms with E-state index >= 15 is 0 Å². The number of amides is 1. The Balaban J connectivity index is 2.34. The van der Waals surface area contributed by atoms with Crippen molar-refractivity contribution in [3.8, 4) is 0 Å². The van der Waals surface area contributed by atoms with Crippen LogP contribution in [0.4, 0.5) is 0 Å². The van der Waals surface area contributed by atoms with Gasteiger partial charge in [-0.1, -0.05) is 72.8 Å². The molecule has 1 atom stereocenters. The standard InChI is InChI=1S/C21H25ClNO4P/c1-26-28(25,27-2)21(15-9-14-18-10-5-3-6-11-18)23(20(24)16-22)17-19-12-7-4-8-13-19/h3-14,21H,15-17H2,1-2H3/b14-9+. The molecule has 0 aliphatic carbocycles. The summed E-state index contributed by atoms with van der Waals surface area (Å²) in [7, 11) is -0.931. The fraction of sp³-hybridized carbons (Fsp3) is 0.286. The van der Waals surface area contributed by atoms with E-state index in [1.807, 2.05) is 72.8 Å². The van der Waals surface area contributed by atoms with Gasteiger partial charge in [0, 0.05) is 20.8 Å². The molecule has 5 nitrogen and oxygen atoms in total. The zero-order valence-electron chi connectivity index (χ0n) is 16.0. The molecule has 0 aromatic heterocycles. The lowest BCUT2D eigenvalue weighted by Gasteiger charge is -2.34. The number of carbonyl (C=O) groups excluding carboxylic acids is 1. The average molecular weight is 422 g/mol. The molecule has 0 spiro atoms. The number of hydrogen-bond donors (Lipinski definition) is 0. The van der Waals surface area contributed by atoms with Crippen LogP contribution in [0.1, 0.15) is 17.5 Å². The summed E-state index contributed by atoms with van der Waals surface area (Å²) in [5.74, 6) is -1.36. The molecule has 0 radical (unpaired) electrons. The maximum Gasteiger partial charge on any atom is 0.352 e. The Hall–Kier alpha value is -1.91. The molecule has 0 aliphatic heterocycles. The van der Waals surface area contributed by atoms with Gasteiger partial charge in [0.25, 0.3) is 0 Å². The SMILES string of the molecule is COP(=O)(OC)C(C/C=C/c1ccccc1)N(Cc1ccccc1)C(=O)CCl. The second kappa shape index (κ2) is 11.2. The van der Waals surface area contributed by atoms with Gasteiger partial charge in [0.15, 0.2) is 0 Å². The van der Waals surface area contributed by atoms with E-state index in [0.29, 0.717) is 6.42 Å². The second-order valence-electron chi connectivity index (χ2n) is 6.08. The number of alkyl halides is 1. The highest BCUT2D eigenvalue weighted by atomic mass is 35.5. The first-order valence-corrected chi connectivity index (χ1v) is 11.0. The Kier molecular flexibility index (Phi) is 8.94. The van der Waals surface area contributed by atoms with E-state index in [1.165, 1.54) is 19.1 Å². The Morgan fingerprint density at radius 2 is 1.64 bits per heavy atom. The van der Waals surface area contributed by atoms with Crippen molar-refractivity contribution in [3.63, 3.8) is 0 Å². The highest BCUT2D eigenvalue weighted by Gasteiger charge is 2.40. The normalized spacial score (nSPS) is 12.8. The fourth-order valence-electron chi connectivity index (χ4n) is 2.85. The van der Waals surface area contributed by atoms with Gasteiger partial charge in [-0.05, 0) is 17.5 Å². The molecule has 1 unspecified atom stereocenters. The van der Waals surface area contributed by atoms with E-state index in [9.17, 15) is 9.36 Å². The minimum atomic E-state index is -3.58. The van der Waals surface area contributed by atoms with Crippen LogP contribution < -0.4 is 0 Å². The van der Waals surface area contributed by atoms with Gasteiger partial charge in [0.2, 0.25) is 5.91 Å². The predicted molar refractivity (Wildman–Crippen MR) is 113 cm³/mol. The molecule has 2 rings (SSSR count).